The lowest BCUT2D eigenvalue weighted by atomic mass is 9.87. The first-order chi connectivity index (χ1) is 7.24. The first kappa shape index (κ1) is 11.9. The maximum absolute atomic E-state index is 11.4. The third kappa shape index (κ3) is 1.85. The molecule has 0 heterocycles. The van der Waals surface area contributed by atoms with Gasteiger partial charge in [-0.3, -0.25) is 4.79 Å². The number of carbonyl (C=O) groups excluding carboxylic acids is 1. The molecule has 88 valence electrons. The van der Waals surface area contributed by atoms with Gasteiger partial charge in [0.2, 0.25) is 0 Å². The molecule has 2 N–H and O–H groups in total. The van der Waals surface area contributed by atoms with Gasteiger partial charge in [-0.15, -0.1) is 12.4 Å². The van der Waals surface area contributed by atoms with E-state index in [9.17, 15) is 4.79 Å². The molecule has 0 spiro atoms. The van der Waals surface area contributed by atoms with Gasteiger partial charge >= 0.3 is 0 Å². The van der Waals surface area contributed by atoms with E-state index in [0.29, 0.717) is 24.3 Å². The maximum atomic E-state index is 11.4. The fourth-order valence-corrected chi connectivity index (χ4v) is 3.34. The summed E-state index contributed by atoms with van der Waals surface area (Å²) in [6.07, 6.45) is 9.28. The van der Waals surface area contributed by atoms with Gasteiger partial charge in [0.15, 0.2) is 5.78 Å². The monoisotopic (exact) mass is 239 g/mol. The fraction of sp³-hybridized carbons (Fsp3) is 0.615. The Labute approximate surface area is 102 Å². The van der Waals surface area contributed by atoms with E-state index < -0.39 is 0 Å². The second kappa shape index (κ2) is 4.34. The Hall–Kier alpha value is -0.600. The van der Waals surface area contributed by atoms with Crippen molar-refractivity contribution in [2.75, 3.05) is 0 Å². The molecule has 0 saturated heterocycles. The third-order valence-corrected chi connectivity index (χ3v) is 4.26. The lowest BCUT2D eigenvalue weighted by Crippen LogP contribution is -2.29. The van der Waals surface area contributed by atoms with Crippen LogP contribution in [0, 0.1) is 11.8 Å². The van der Waals surface area contributed by atoms with Gasteiger partial charge in [-0.25, -0.2) is 0 Å². The molecule has 3 aliphatic rings. The normalized spacial score (nSPS) is 36.8. The van der Waals surface area contributed by atoms with Gasteiger partial charge in [0.05, 0.1) is 0 Å². The molecule has 3 rings (SSSR count). The molecule has 2 fully saturated rings. The van der Waals surface area contributed by atoms with Gasteiger partial charge in [-0.05, 0) is 54.7 Å². The van der Waals surface area contributed by atoms with Crippen LogP contribution in [0.4, 0.5) is 0 Å². The predicted octanol–water partition coefficient (Wildman–Crippen LogP) is 2.38. The second-order valence-corrected chi connectivity index (χ2v) is 5.15. The van der Waals surface area contributed by atoms with Crippen LogP contribution < -0.4 is 5.73 Å². The summed E-state index contributed by atoms with van der Waals surface area (Å²) >= 11 is 0. The van der Waals surface area contributed by atoms with Gasteiger partial charge < -0.3 is 5.73 Å². The van der Waals surface area contributed by atoms with Crippen LogP contribution in [0.2, 0.25) is 0 Å². The van der Waals surface area contributed by atoms with Crippen LogP contribution in [0.1, 0.15) is 32.1 Å². The highest BCUT2D eigenvalue weighted by Gasteiger charge is 2.38. The Bertz CT molecular complexity index is 372. The SMILES string of the molecule is Cl.NC1C2CCC1CC1=CC(=O)CC=C1C2. The standard InChI is InChI=1S/C13H17NO.ClH/c14-13-9-1-2-10(13)6-11-7-12(15)4-3-8(11)5-9;/h3,7,9-10,13H,1-2,4-6,14H2;1H. The third-order valence-electron chi connectivity index (χ3n) is 4.26. The number of fused-ring (bicyclic) bond motifs is 3. The lowest BCUT2D eigenvalue weighted by molar-refractivity contribution is -0.114. The van der Waals surface area contributed by atoms with Crippen molar-refractivity contribution < 1.29 is 4.79 Å². The molecule has 0 aromatic heterocycles. The molecule has 2 nitrogen and oxygen atoms in total. The van der Waals surface area contributed by atoms with E-state index in [1.807, 2.05) is 6.08 Å². The van der Waals surface area contributed by atoms with Gasteiger partial charge in [0, 0.05) is 12.5 Å². The highest BCUT2D eigenvalue weighted by Crippen LogP contribution is 2.44. The number of hydrogen-bond acceptors (Lipinski definition) is 2. The molecule has 3 aliphatic carbocycles. The van der Waals surface area contributed by atoms with Crippen molar-refractivity contribution >= 4 is 18.2 Å². The fourth-order valence-electron chi connectivity index (χ4n) is 3.34. The highest BCUT2D eigenvalue weighted by molar-refractivity contribution is 5.93. The van der Waals surface area contributed by atoms with Crippen molar-refractivity contribution in [3.8, 4) is 0 Å². The van der Waals surface area contributed by atoms with Crippen LogP contribution in [0.5, 0.6) is 0 Å². The minimum atomic E-state index is 0. The van der Waals surface area contributed by atoms with Crippen LogP contribution in [-0.4, -0.2) is 11.8 Å². The van der Waals surface area contributed by atoms with Gasteiger partial charge in [-0.2, -0.15) is 0 Å². The van der Waals surface area contributed by atoms with Crippen molar-refractivity contribution in [3.63, 3.8) is 0 Å². The number of carbonyl (C=O) groups is 1. The molecule has 3 heteroatoms. The Balaban J connectivity index is 0.000000963. The predicted molar refractivity (Wildman–Crippen MR) is 66.5 cm³/mol. The molecule has 2 bridgehead atoms. The Morgan fingerprint density at radius 1 is 1.12 bits per heavy atom. The first-order valence-electron chi connectivity index (χ1n) is 5.92. The first-order valence-corrected chi connectivity index (χ1v) is 5.92. The number of ketones is 1. The van der Waals surface area contributed by atoms with Gasteiger partial charge in [0.1, 0.15) is 0 Å². The summed E-state index contributed by atoms with van der Waals surface area (Å²) in [5, 5.41) is 0. The molecule has 0 aromatic carbocycles. The van der Waals surface area contributed by atoms with E-state index in [0.717, 1.165) is 12.8 Å². The molecule has 0 aromatic rings. The van der Waals surface area contributed by atoms with E-state index in [4.69, 9.17) is 5.73 Å². The lowest BCUT2D eigenvalue weighted by Gasteiger charge is -2.18. The molecule has 2 saturated carbocycles. The number of rotatable bonds is 0. The average Bonchev–Trinajstić information content (AvgIpc) is 2.44. The zero-order chi connectivity index (χ0) is 10.4. The summed E-state index contributed by atoms with van der Waals surface area (Å²) < 4.78 is 0. The van der Waals surface area contributed by atoms with Crippen LogP contribution in [0.3, 0.4) is 0 Å². The molecule has 0 aliphatic heterocycles. The summed E-state index contributed by atoms with van der Waals surface area (Å²) in [7, 11) is 0. The minimum Gasteiger partial charge on any atom is -0.327 e. The van der Waals surface area contributed by atoms with Crippen LogP contribution in [0.15, 0.2) is 23.3 Å². The number of nitrogens with two attached hydrogens (primary N) is 1. The zero-order valence-corrected chi connectivity index (χ0v) is 10.1. The number of halogens is 1. The zero-order valence-electron chi connectivity index (χ0n) is 9.32. The van der Waals surface area contributed by atoms with Crippen molar-refractivity contribution in [1.82, 2.24) is 0 Å². The minimum absolute atomic E-state index is 0. The van der Waals surface area contributed by atoms with Gasteiger partial charge in [0.25, 0.3) is 0 Å². The quantitative estimate of drug-likeness (QED) is 0.705. The topological polar surface area (TPSA) is 43.1 Å². The number of allylic oxidation sites excluding steroid dienone is 4. The largest absolute Gasteiger partial charge is 0.327 e. The molecule has 3 atom stereocenters. The summed E-state index contributed by atoms with van der Waals surface area (Å²) in [4.78, 5) is 11.4. The van der Waals surface area contributed by atoms with Crippen molar-refractivity contribution in [2.24, 2.45) is 17.6 Å². The van der Waals surface area contributed by atoms with E-state index in [2.05, 4.69) is 6.08 Å². The molecule has 0 radical (unpaired) electrons. The van der Waals surface area contributed by atoms with Crippen molar-refractivity contribution in [3.05, 3.63) is 23.3 Å². The van der Waals surface area contributed by atoms with Crippen molar-refractivity contribution in [2.45, 2.75) is 38.1 Å². The summed E-state index contributed by atoms with van der Waals surface area (Å²) in [6.45, 7) is 0. The van der Waals surface area contributed by atoms with Crippen LogP contribution >= 0.6 is 12.4 Å². The summed E-state index contributed by atoms with van der Waals surface area (Å²) in [5.41, 5.74) is 8.93. The second-order valence-electron chi connectivity index (χ2n) is 5.15. The molecular formula is C13H18ClNO. The molecule has 16 heavy (non-hydrogen) atoms. The Kier molecular flexibility index (Phi) is 3.22. The molecule has 3 unspecified atom stereocenters. The van der Waals surface area contributed by atoms with Crippen molar-refractivity contribution in [1.29, 1.82) is 0 Å². The Morgan fingerprint density at radius 3 is 2.44 bits per heavy atom. The molecule has 0 amide bonds. The summed E-state index contributed by atoms with van der Waals surface area (Å²) in [5.74, 6) is 1.55. The maximum Gasteiger partial charge on any atom is 0.159 e. The van der Waals surface area contributed by atoms with E-state index in [1.165, 1.54) is 24.0 Å². The average molecular weight is 240 g/mol. The van der Waals surface area contributed by atoms with E-state index in [1.54, 1.807) is 0 Å². The highest BCUT2D eigenvalue weighted by atomic mass is 35.5. The van der Waals surface area contributed by atoms with Gasteiger partial charge in [-0.1, -0.05) is 6.08 Å². The molecular weight excluding hydrogens is 222 g/mol. The smallest absolute Gasteiger partial charge is 0.159 e. The van der Waals surface area contributed by atoms with E-state index >= 15 is 0 Å². The number of hydrogen-bond donors (Lipinski definition) is 1. The summed E-state index contributed by atoms with van der Waals surface area (Å²) in [6, 6.07) is 0.368. The van der Waals surface area contributed by atoms with Crippen LogP contribution in [0.25, 0.3) is 0 Å². The Morgan fingerprint density at radius 2 is 1.75 bits per heavy atom. The van der Waals surface area contributed by atoms with Crippen LogP contribution in [-0.2, 0) is 4.79 Å². The van der Waals surface area contributed by atoms with E-state index in [-0.39, 0.29) is 18.2 Å².